The second kappa shape index (κ2) is 11.0. The number of anilines is 2. The number of halogens is 3. The molecule has 3 heterocycles. The molecule has 1 aliphatic carbocycles. The van der Waals surface area contributed by atoms with Crippen molar-refractivity contribution in [2.24, 2.45) is 17.6 Å². The molecule has 0 unspecified atom stereocenters. The van der Waals surface area contributed by atoms with Gasteiger partial charge in [0.25, 0.3) is 6.01 Å². The second-order valence-electron chi connectivity index (χ2n) is 10.2. The highest BCUT2D eigenvalue weighted by atomic mass is 19.4. The van der Waals surface area contributed by atoms with Crippen molar-refractivity contribution in [3.8, 4) is 11.3 Å². The van der Waals surface area contributed by atoms with Crippen molar-refractivity contribution in [2.75, 3.05) is 23.3 Å². The van der Waals surface area contributed by atoms with Gasteiger partial charge in [0.05, 0.1) is 24.3 Å². The van der Waals surface area contributed by atoms with Crippen LogP contribution in [0.25, 0.3) is 11.3 Å². The number of amides is 1. The van der Waals surface area contributed by atoms with Gasteiger partial charge in [0.15, 0.2) is 5.76 Å². The molecule has 5 rings (SSSR count). The van der Waals surface area contributed by atoms with Gasteiger partial charge in [0.2, 0.25) is 11.7 Å². The lowest BCUT2D eigenvalue weighted by molar-refractivity contribution is -0.145. The van der Waals surface area contributed by atoms with E-state index in [2.05, 4.69) is 25.2 Å². The van der Waals surface area contributed by atoms with Crippen LogP contribution in [0.2, 0.25) is 0 Å². The van der Waals surface area contributed by atoms with Crippen molar-refractivity contribution in [3.05, 3.63) is 54.2 Å². The number of aromatic nitrogens is 3. The third kappa shape index (κ3) is 6.08. The smallest absolute Gasteiger partial charge is 0.424 e. The van der Waals surface area contributed by atoms with Gasteiger partial charge >= 0.3 is 6.18 Å². The maximum atomic E-state index is 12.8. The second-order valence-corrected chi connectivity index (χ2v) is 10.2. The van der Waals surface area contributed by atoms with E-state index in [9.17, 15) is 18.0 Å². The SMILES string of the molecule is NC(=O)c1cccc(-c2cnc(N[C@@H]3CCCC[C@H]3C[C@H]3CCCN(c4cnc(C(F)(F)F)nc4)C3)o2)c1. The van der Waals surface area contributed by atoms with Crippen LogP contribution in [0.5, 0.6) is 0 Å². The van der Waals surface area contributed by atoms with E-state index in [1.807, 2.05) is 6.07 Å². The first kappa shape index (κ1) is 26.0. The molecule has 3 atom stereocenters. The van der Waals surface area contributed by atoms with E-state index in [0.29, 0.717) is 34.9 Å². The number of oxazole rings is 1. The first-order chi connectivity index (χ1) is 18.3. The van der Waals surface area contributed by atoms with Gasteiger partial charge in [-0.25, -0.2) is 15.0 Å². The molecule has 1 saturated carbocycles. The highest BCUT2D eigenvalue weighted by Gasteiger charge is 2.35. The van der Waals surface area contributed by atoms with E-state index in [1.54, 1.807) is 24.4 Å². The predicted octanol–water partition coefficient (Wildman–Crippen LogP) is 5.53. The third-order valence-electron chi connectivity index (χ3n) is 7.57. The zero-order valence-corrected chi connectivity index (χ0v) is 21.0. The minimum absolute atomic E-state index is 0.219. The van der Waals surface area contributed by atoms with Gasteiger partial charge in [-0.15, -0.1) is 0 Å². The molecule has 8 nitrogen and oxygen atoms in total. The van der Waals surface area contributed by atoms with Crippen LogP contribution in [0.1, 0.15) is 61.1 Å². The molecule has 38 heavy (non-hydrogen) atoms. The summed E-state index contributed by atoms with van der Waals surface area (Å²) in [5.74, 6) is -0.186. The van der Waals surface area contributed by atoms with Gasteiger partial charge in [0.1, 0.15) is 0 Å². The van der Waals surface area contributed by atoms with E-state index in [-0.39, 0.29) is 6.04 Å². The molecule has 1 amide bonds. The summed E-state index contributed by atoms with van der Waals surface area (Å²) in [5.41, 5.74) is 7.17. The van der Waals surface area contributed by atoms with E-state index in [0.717, 1.165) is 57.2 Å². The van der Waals surface area contributed by atoms with E-state index < -0.39 is 17.9 Å². The molecular formula is C27H31F3N6O2. The molecule has 2 aliphatic rings. The number of hydrogen-bond donors (Lipinski definition) is 2. The van der Waals surface area contributed by atoms with Gasteiger partial charge in [0, 0.05) is 30.3 Å². The molecule has 202 valence electrons. The summed E-state index contributed by atoms with van der Waals surface area (Å²) in [7, 11) is 0. The average Bonchev–Trinajstić information content (AvgIpc) is 3.38. The number of nitrogens with two attached hydrogens (primary N) is 1. The number of rotatable bonds is 7. The summed E-state index contributed by atoms with van der Waals surface area (Å²) in [5, 5.41) is 3.50. The third-order valence-corrected chi connectivity index (χ3v) is 7.57. The average molecular weight is 529 g/mol. The molecule has 3 aromatic rings. The lowest BCUT2D eigenvalue weighted by Crippen LogP contribution is -2.39. The van der Waals surface area contributed by atoms with Crippen LogP contribution in [-0.4, -0.2) is 40.0 Å². The number of nitrogens with zero attached hydrogens (tertiary/aromatic N) is 4. The summed E-state index contributed by atoms with van der Waals surface area (Å²) in [6.07, 6.45) is 7.16. The minimum atomic E-state index is -4.54. The highest BCUT2D eigenvalue weighted by molar-refractivity contribution is 5.93. The van der Waals surface area contributed by atoms with Gasteiger partial charge in [-0.1, -0.05) is 25.0 Å². The summed E-state index contributed by atoms with van der Waals surface area (Å²) < 4.78 is 44.5. The molecule has 3 N–H and O–H groups in total. The van der Waals surface area contributed by atoms with Crippen LogP contribution < -0.4 is 16.0 Å². The molecule has 1 saturated heterocycles. The lowest BCUT2D eigenvalue weighted by atomic mass is 9.77. The van der Waals surface area contributed by atoms with Gasteiger partial charge in [-0.2, -0.15) is 13.2 Å². The van der Waals surface area contributed by atoms with Crippen molar-refractivity contribution >= 4 is 17.6 Å². The highest BCUT2D eigenvalue weighted by Crippen LogP contribution is 2.36. The van der Waals surface area contributed by atoms with Crippen molar-refractivity contribution in [1.29, 1.82) is 0 Å². The Morgan fingerprint density at radius 2 is 1.87 bits per heavy atom. The number of benzene rings is 1. The Kier molecular flexibility index (Phi) is 7.53. The number of nitrogens with one attached hydrogen (secondary N) is 1. The number of carbonyl (C=O) groups excluding carboxylic acids is 1. The van der Waals surface area contributed by atoms with Crippen LogP contribution in [0.15, 0.2) is 47.3 Å². The van der Waals surface area contributed by atoms with Crippen LogP contribution in [0.3, 0.4) is 0 Å². The molecule has 1 aliphatic heterocycles. The number of carbonyl (C=O) groups is 1. The predicted molar refractivity (Wildman–Crippen MR) is 136 cm³/mol. The number of hydrogen-bond acceptors (Lipinski definition) is 7. The number of primary amides is 1. The molecular weight excluding hydrogens is 497 g/mol. The first-order valence-electron chi connectivity index (χ1n) is 13.0. The Morgan fingerprint density at radius 1 is 1.08 bits per heavy atom. The Bertz CT molecular complexity index is 1250. The molecule has 0 radical (unpaired) electrons. The number of alkyl halides is 3. The zero-order chi connectivity index (χ0) is 26.7. The first-order valence-corrected chi connectivity index (χ1v) is 13.0. The molecule has 2 fully saturated rings. The molecule has 2 aromatic heterocycles. The fourth-order valence-corrected chi connectivity index (χ4v) is 5.69. The Morgan fingerprint density at radius 3 is 2.63 bits per heavy atom. The fraction of sp³-hybridized carbons (Fsp3) is 0.481. The Balaban J connectivity index is 1.22. The van der Waals surface area contributed by atoms with E-state index in [4.69, 9.17) is 10.2 Å². The van der Waals surface area contributed by atoms with Crippen LogP contribution in [0, 0.1) is 11.8 Å². The standard InChI is InChI=1S/C27H31F3N6O2/c28-27(29,30)25-32-13-21(14-33-25)36-10-4-5-17(16-36)11-18-6-1-2-9-22(18)35-26-34-15-23(38-26)19-7-3-8-20(12-19)24(31)37/h3,7-8,12-15,17-18,22H,1-2,4-6,9-11,16H2,(H2,31,37)(H,34,35)/t17-,18+,22-/m1/s1. The van der Waals surface area contributed by atoms with Crippen LogP contribution in [0.4, 0.5) is 24.9 Å². The lowest BCUT2D eigenvalue weighted by Gasteiger charge is -2.38. The van der Waals surface area contributed by atoms with E-state index in [1.165, 1.54) is 18.8 Å². The summed E-state index contributed by atoms with van der Waals surface area (Å²) in [4.78, 5) is 25.1. The van der Waals surface area contributed by atoms with Crippen LogP contribution in [-0.2, 0) is 6.18 Å². The summed E-state index contributed by atoms with van der Waals surface area (Å²) in [6.45, 7) is 1.56. The molecule has 11 heteroatoms. The van der Waals surface area contributed by atoms with Gasteiger partial charge in [-0.05, 0) is 56.1 Å². The maximum Gasteiger partial charge on any atom is 0.451 e. The summed E-state index contributed by atoms with van der Waals surface area (Å²) in [6, 6.07) is 7.62. The normalized spacial score (nSPS) is 22.3. The number of piperidine rings is 1. The largest absolute Gasteiger partial charge is 0.451 e. The summed E-state index contributed by atoms with van der Waals surface area (Å²) >= 11 is 0. The maximum absolute atomic E-state index is 12.8. The fourth-order valence-electron chi connectivity index (χ4n) is 5.69. The molecule has 1 aromatic carbocycles. The van der Waals surface area contributed by atoms with Crippen molar-refractivity contribution in [1.82, 2.24) is 15.0 Å². The molecule has 0 bridgehead atoms. The minimum Gasteiger partial charge on any atom is -0.424 e. The Labute approximate surface area is 218 Å². The van der Waals surface area contributed by atoms with Gasteiger partial charge in [-0.3, -0.25) is 4.79 Å². The van der Waals surface area contributed by atoms with Crippen molar-refractivity contribution in [2.45, 2.75) is 57.2 Å². The van der Waals surface area contributed by atoms with Gasteiger partial charge < -0.3 is 20.4 Å². The van der Waals surface area contributed by atoms with Crippen LogP contribution >= 0.6 is 0 Å². The quantitative estimate of drug-likeness (QED) is 0.415. The topological polar surface area (TPSA) is 110 Å². The Hall–Kier alpha value is -3.63. The van der Waals surface area contributed by atoms with Crippen molar-refractivity contribution in [3.63, 3.8) is 0 Å². The monoisotopic (exact) mass is 528 g/mol. The van der Waals surface area contributed by atoms with Crippen molar-refractivity contribution < 1.29 is 22.4 Å². The zero-order valence-electron chi connectivity index (χ0n) is 21.0. The molecule has 0 spiro atoms. The van der Waals surface area contributed by atoms with E-state index >= 15 is 0 Å².